The maximum Gasteiger partial charge on any atom is 0.247 e. The number of carbonyl (C=O) groups is 1. The van der Waals surface area contributed by atoms with Crippen molar-refractivity contribution in [2.75, 3.05) is 7.11 Å². The topological polar surface area (TPSA) is 65.6 Å². The standard InChI is InChI=1S/C26H26N2O3/c1-17(2)28(25(30)14-12-18-11-13-23(29)24(15-18)31-3)16-19-7-6-10-22-26(19)20-8-4-5-9-21(20)27-22/h4-15,17,27,29H,16H2,1-3H3/b14-12+. The highest BCUT2D eigenvalue weighted by molar-refractivity contribution is 6.09. The molecule has 0 saturated carbocycles. The first kappa shape index (κ1) is 20.5. The second-order valence-electron chi connectivity index (χ2n) is 7.83. The lowest BCUT2D eigenvalue weighted by Crippen LogP contribution is -2.35. The zero-order chi connectivity index (χ0) is 22.0. The molecule has 0 spiro atoms. The summed E-state index contributed by atoms with van der Waals surface area (Å²) in [5.74, 6) is 0.377. The predicted molar refractivity (Wildman–Crippen MR) is 125 cm³/mol. The van der Waals surface area contributed by atoms with Crippen LogP contribution in [-0.4, -0.2) is 34.0 Å². The number of carbonyl (C=O) groups excluding carboxylic acids is 1. The van der Waals surface area contributed by atoms with Crippen molar-refractivity contribution in [3.63, 3.8) is 0 Å². The normalized spacial score (nSPS) is 11.6. The molecule has 2 N–H and O–H groups in total. The smallest absolute Gasteiger partial charge is 0.247 e. The van der Waals surface area contributed by atoms with E-state index in [9.17, 15) is 9.90 Å². The van der Waals surface area contributed by atoms with Gasteiger partial charge >= 0.3 is 0 Å². The molecular weight excluding hydrogens is 388 g/mol. The van der Waals surface area contributed by atoms with Crippen LogP contribution < -0.4 is 4.74 Å². The van der Waals surface area contributed by atoms with E-state index in [2.05, 4.69) is 29.2 Å². The Kier molecular flexibility index (Phi) is 5.67. The van der Waals surface area contributed by atoms with Gasteiger partial charge in [-0.3, -0.25) is 4.79 Å². The third-order valence-electron chi connectivity index (χ3n) is 5.49. The zero-order valence-electron chi connectivity index (χ0n) is 17.9. The molecule has 4 rings (SSSR count). The van der Waals surface area contributed by atoms with Gasteiger partial charge in [-0.2, -0.15) is 0 Å². The number of para-hydroxylation sites is 1. The number of H-pyrrole nitrogens is 1. The molecule has 0 bridgehead atoms. The minimum absolute atomic E-state index is 0.0342. The number of phenolic OH excluding ortho intramolecular Hbond substituents is 1. The highest BCUT2D eigenvalue weighted by Gasteiger charge is 2.18. The van der Waals surface area contributed by atoms with Gasteiger partial charge in [-0.25, -0.2) is 0 Å². The zero-order valence-corrected chi connectivity index (χ0v) is 17.9. The number of nitrogens with zero attached hydrogens (tertiary/aromatic N) is 1. The average molecular weight is 415 g/mol. The summed E-state index contributed by atoms with van der Waals surface area (Å²) in [6.07, 6.45) is 3.31. The number of aromatic amines is 1. The molecule has 0 aliphatic rings. The molecular formula is C26H26N2O3. The molecule has 5 heteroatoms. The van der Waals surface area contributed by atoms with Crippen LogP contribution in [-0.2, 0) is 11.3 Å². The van der Waals surface area contributed by atoms with Crippen molar-refractivity contribution >= 4 is 33.8 Å². The van der Waals surface area contributed by atoms with E-state index in [-0.39, 0.29) is 17.7 Å². The van der Waals surface area contributed by atoms with Crippen LogP contribution in [0.5, 0.6) is 11.5 Å². The monoisotopic (exact) mass is 414 g/mol. The van der Waals surface area contributed by atoms with Crippen molar-refractivity contribution < 1.29 is 14.6 Å². The van der Waals surface area contributed by atoms with Gasteiger partial charge in [0.05, 0.1) is 7.11 Å². The number of amides is 1. The maximum atomic E-state index is 13.1. The summed E-state index contributed by atoms with van der Waals surface area (Å²) in [6, 6.07) is 19.4. The fraction of sp³-hybridized carbons (Fsp3) is 0.192. The molecule has 0 radical (unpaired) electrons. The molecule has 0 fully saturated rings. The number of aromatic hydroxyl groups is 1. The molecule has 5 nitrogen and oxygen atoms in total. The van der Waals surface area contributed by atoms with Crippen LogP contribution in [0, 0.1) is 0 Å². The molecule has 31 heavy (non-hydrogen) atoms. The van der Waals surface area contributed by atoms with Crippen molar-refractivity contribution in [1.29, 1.82) is 0 Å². The molecule has 1 heterocycles. The number of nitrogens with one attached hydrogen (secondary N) is 1. The van der Waals surface area contributed by atoms with E-state index in [0.29, 0.717) is 12.3 Å². The van der Waals surface area contributed by atoms with Gasteiger partial charge in [-0.05, 0) is 55.3 Å². The van der Waals surface area contributed by atoms with Crippen LogP contribution in [0.2, 0.25) is 0 Å². The van der Waals surface area contributed by atoms with E-state index in [0.717, 1.165) is 32.9 Å². The van der Waals surface area contributed by atoms with Crippen molar-refractivity contribution in [2.45, 2.75) is 26.4 Å². The average Bonchev–Trinajstić information content (AvgIpc) is 3.15. The van der Waals surface area contributed by atoms with Gasteiger partial charge in [0, 0.05) is 40.5 Å². The van der Waals surface area contributed by atoms with Gasteiger partial charge in [0.2, 0.25) is 5.91 Å². The Morgan fingerprint density at radius 3 is 2.65 bits per heavy atom. The summed E-state index contributed by atoms with van der Waals surface area (Å²) in [5, 5.41) is 12.1. The number of benzene rings is 3. The van der Waals surface area contributed by atoms with Gasteiger partial charge in [0.15, 0.2) is 11.5 Å². The quantitative estimate of drug-likeness (QED) is 0.410. The Bertz CT molecular complexity index is 1270. The third kappa shape index (κ3) is 4.12. The van der Waals surface area contributed by atoms with Gasteiger partial charge < -0.3 is 19.7 Å². The number of rotatable bonds is 6. The SMILES string of the molecule is COc1cc(/C=C/C(=O)N(Cc2cccc3[nH]c4ccccc4c23)C(C)C)ccc1O. The van der Waals surface area contributed by atoms with E-state index in [1.54, 1.807) is 30.4 Å². The third-order valence-corrected chi connectivity index (χ3v) is 5.49. The van der Waals surface area contributed by atoms with Crippen molar-refractivity contribution in [3.05, 3.63) is 77.9 Å². The van der Waals surface area contributed by atoms with Crippen molar-refractivity contribution in [3.8, 4) is 11.5 Å². The largest absolute Gasteiger partial charge is 0.504 e. The van der Waals surface area contributed by atoms with Gasteiger partial charge in [0.1, 0.15) is 0 Å². The number of phenols is 1. The van der Waals surface area contributed by atoms with Gasteiger partial charge in [0.25, 0.3) is 0 Å². The lowest BCUT2D eigenvalue weighted by molar-refractivity contribution is -0.128. The summed E-state index contributed by atoms with van der Waals surface area (Å²) >= 11 is 0. The number of fused-ring (bicyclic) bond motifs is 3. The van der Waals surface area contributed by atoms with Crippen LogP contribution in [0.15, 0.2) is 66.7 Å². The number of hydrogen-bond acceptors (Lipinski definition) is 3. The maximum absolute atomic E-state index is 13.1. The summed E-state index contributed by atoms with van der Waals surface area (Å²) in [6.45, 7) is 4.55. The predicted octanol–water partition coefficient (Wildman–Crippen LogP) is 5.49. The van der Waals surface area contributed by atoms with Crippen molar-refractivity contribution in [2.24, 2.45) is 0 Å². The molecule has 4 aromatic rings. The fourth-order valence-corrected chi connectivity index (χ4v) is 3.87. The Hall–Kier alpha value is -3.73. The molecule has 1 amide bonds. The van der Waals surface area contributed by atoms with E-state index in [1.807, 2.05) is 36.9 Å². The van der Waals surface area contributed by atoms with Crippen LogP contribution in [0.3, 0.4) is 0 Å². The molecule has 1 aromatic heterocycles. The van der Waals surface area contributed by atoms with Gasteiger partial charge in [-0.15, -0.1) is 0 Å². The molecule has 0 aliphatic heterocycles. The Labute approximate surface area is 181 Å². The summed E-state index contributed by atoms with van der Waals surface area (Å²) < 4.78 is 5.14. The van der Waals surface area contributed by atoms with Crippen LogP contribution in [0.25, 0.3) is 27.9 Å². The molecule has 0 aliphatic carbocycles. The second-order valence-corrected chi connectivity index (χ2v) is 7.83. The van der Waals surface area contributed by atoms with Crippen molar-refractivity contribution in [1.82, 2.24) is 9.88 Å². The van der Waals surface area contributed by atoms with Crippen LogP contribution in [0.1, 0.15) is 25.0 Å². The van der Waals surface area contributed by atoms with Crippen LogP contribution in [0.4, 0.5) is 0 Å². The van der Waals surface area contributed by atoms with E-state index in [4.69, 9.17) is 4.74 Å². The number of aromatic nitrogens is 1. The Balaban J connectivity index is 1.63. The lowest BCUT2D eigenvalue weighted by atomic mass is 10.1. The highest BCUT2D eigenvalue weighted by atomic mass is 16.5. The Morgan fingerprint density at radius 2 is 1.87 bits per heavy atom. The van der Waals surface area contributed by atoms with E-state index >= 15 is 0 Å². The summed E-state index contributed by atoms with van der Waals surface area (Å²) in [5.41, 5.74) is 4.05. The van der Waals surface area contributed by atoms with Crippen LogP contribution >= 0.6 is 0 Å². The van der Waals surface area contributed by atoms with Gasteiger partial charge in [-0.1, -0.05) is 36.4 Å². The number of ether oxygens (including phenoxy) is 1. The first-order valence-corrected chi connectivity index (χ1v) is 10.3. The fourth-order valence-electron chi connectivity index (χ4n) is 3.87. The second kappa shape index (κ2) is 8.56. The minimum Gasteiger partial charge on any atom is -0.504 e. The Morgan fingerprint density at radius 1 is 1.10 bits per heavy atom. The lowest BCUT2D eigenvalue weighted by Gasteiger charge is -2.26. The molecule has 158 valence electrons. The molecule has 0 unspecified atom stereocenters. The summed E-state index contributed by atoms with van der Waals surface area (Å²) in [4.78, 5) is 18.4. The van der Waals surface area contributed by atoms with E-state index in [1.165, 1.54) is 7.11 Å². The summed E-state index contributed by atoms with van der Waals surface area (Å²) in [7, 11) is 1.50. The molecule has 0 atom stereocenters. The molecule has 0 saturated heterocycles. The van der Waals surface area contributed by atoms with E-state index < -0.39 is 0 Å². The minimum atomic E-state index is -0.0705. The number of hydrogen-bond donors (Lipinski definition) is 2. The molecule has 3 aromatic carbocycles. The first-order valence-electron chi connectivity index (χ1n) is 10.3. The first-order chi connectivity index (χ1) is 15.0. The number of methoxy groups -OCH3 is 1. The highest BCUT2D eigenvalue weighted by Crippen LogP contribution is 2.30.